The zero-order chi connectivity index (χ0) is 15.8. The minimum atomic E-state index is -0.458. The van der Waals surface area contributed by atoms with Crippen LogP contribution in [0.25, 0.3) is 0 Å². The van der Waals surface area contributed by atoms with E-state index in [1.54, 1.807) is 11.8 Å². The molecule has 0 aliphatic carbocycles. The SMILES string of the molecule is C[C@@H](O)C[C@@H]1COCCN1C(=O)NCC#Cc1ccccc1. The van der Waals surface area contributed by atoms with Crippen molar-refractivity contribution in [2.75, 3.05) is 26.3 Å². The highest BCUT2D eigenvalue weighted by atomic mass is 16.5. The third-order valence-electron chi connectivity index (χ3n) is 3.44. The van der Waals surface area contributed by atoms with Crippen molar-refractivity contribution in [2.24, 2.45) is 0 Å². The molecule has 2 amide bonds. The summed E-state index contributed by atoms with van der Waals surface area (Å²) >= 11 is 0. The van der Waals surface area contributed by atoms with Gasteiger partial charge in [0, 0.05) is 12.1 Å². The second-order valence-electron chi connectivity index (χ2n) is 5.33. The Morgan fingerprint density at radius 2 is 2.27 bits per heavy atom. The van der Waals surface area contributed by atoms with E-state index in [1.807, 2.05) is 30.3 Å². The van der Waals surface area contributed by atoms with E-state index in [0.29, 0.717) is 32.7 Å². The third kappa shape index (κ3) is 5.06. The van der Waals surface area contributed by atoms with Gasteiger partial charge in [0.05, 0.1) is 31.9 Å². The Hall–Kier alpha value is -2.03. The van der Waals surface area contributed by atoms with Crippen LogP contribution in [0.5, 0.6) is 0 Å². The maximum Gasteiger partial charge on any atom is 0.318 e. The largest absolute Gasteiger partial charge is 0.393 e. The van der Waals surface area contributed by atoms with Crippen molar-refractivity contribution in [3.8, 4) is 11.8 Å². The van der Waals surface area contributed by atoms with Gasteiger partial charge in [-0.2, -0.15) is 0 Å². The summed E-state index contributed by atoms with van der Waals surface area (Å²) in [4.78, 5) is 13.9. The molecule has 2 atom stereocenters. The second kappa shape index (κ2) is 8.42. The van der Waals surface area contributed by atoms with Crippen molar-refractivity contribution in [1.29, 1.82) is 0 Å². The van der Waals surface area contributed by atoms with E-state index in [1.165, 1.54) is 0 Å². The fourth-order valence-corrected chi connectivity index (χ4v) is 2.40. The predicted molar refractivity (Wildman–Crippen MR) is 84.3 cm³/mol. The second-order valence-corrected chi connectivity index (χ2v) is 5.33. The molecular weight excluding hydrogens is 280 g/mol. The summed E-state index contributed by atoms with van der Waals surface area (Å²) in [5.74, 6) is 5.94. The number of aliphatic hydroxyl groups excluding tert-OH is 1. The number of amides is 2. The molecule has 0 saturated carbocycles. The van der Waals surface area contributed by atoms with Gasteiger partial charge >= 0.3 is 6.03 Å². The number of nitrogens with one attached hydrogen (secondary N) is 1. The molecule has 1 saturated heterocycles. The number of hydrogen-bond acceptors (Lipinski definition) is 3. The van der Waals surface area contributed by atoms with Crippen molar-refractivity contribution < 1.29 is 14.6 Å². The minimum absolute atomic E-state index is 0.0872. The summed E-state index contributed by atoms with van der Waals surface area (Å²) in [5, 5.41) is 12.3. The summed E-state index contributed by atoms with van der Waals surface area (Å²) in [7, 11) is 0. The number of aliphatic hydroxyl groups is 1. The van der Waals surface area contributed by atoms with Crippen molar-refractivity contribution in [3.63, 3.8) is 0 Å². The molecule has 1 heterocycles. The van der Waals surface area contributed by atoms with Crippen molar-refractivity contribution in [1.82, 2.24) is 10.2 Å². The number of carbonyl (C=O) groups is 1. The van der Waals surface area contributed by atoms with Gasteiger partial charge in [-0.15, -0.1) is 0 Å². The first kappa shape index (κ1) is 16.3. The van der Waals surface area contributed by atoms with Gasteiger partial charge in [0.25, 0.3) is 0 Å². The predicted octanol–water partition coefficient (Wildman–Crippen LogP) is 1.22. The average Bonchev–Trinajstić information content (AvgIpc) is 2.52. The Balaban J connectivity index is 1.84. The molecule has 22 heavy (non-hydrogen) atoms. The van der Waals surface area contributed by atoms with Crippen LogP contribution in [-0.4, -0.2) is 54.5 Å². The van der Waals surface area contributed by atoms with E-state index in [0.717, 1.165) is 5.56 Å². The van der Waals surface area contributed by atoms with Crippen molar-refractivity contribution in [2.45, 2.75) is 25.5 Å². The van der Waals surface area contributed by atoms with E-state index in [2.05, 4.69) is 17.2 Å². The molecule has 1 aliphatic heterocycles. The quantitative estimate of drug-likeness (QED) is 0.825. The lowest BCUT2D eigenvalue weighted by Crippen LogP contribution is -2.53. The third-order valence-corrected chi connectivity index (χ3v) is 3.44. The summed E-state index contributed by atoms with van der Waals surface area (Å²) in [6, 6.07) is 9.40. The Labute approximate surface area is 131 Å². The lowest BCUT2D eigenvalue weighted by Gasteiger charge is -2.36. The average molecular weight is 302 g/mol. The first-order chi connectivity index (χ1) is 10.7. The van der Waals surface area contributed by atoms with Gasteiger partial charge in [0.15, 0.2) is 0 Å². The van der Waals surface area contributed by atoms with E-state index >= 15 is 0 Å². The summed E-state index contributed by atoms with van der Waals surface area (Å²) < 4.78 is 5.39. The van der Waals surface area contributed by atoms with Gasteiger partial charge < -0.3 is 20.1 Å². The van der Waals surface area contributed by atoms with Gasteiger partial charge in [-0.1, -0.05) is 30.0 Å². The minimum Gasteiger partial charge on any atom is -0.393 e. The maximum absolute atomic E-state index is 12.2. The van der Waals surface area contributed by atoms with Crippen LogP contribution in [0.2, 0.25) is 0 Å². The first-order valence-corrected chi connectivity index (χ1v) is 7.51. The van der Waals surface area contributed by atoms with Crippen LogP contribution in [-0.2, 0) is 4.74 Å². The topological polar surface area (TPSA) is 61.8 Å². The number of morpholine rings is 1. The number of urea groups is 1. The molecule has 1 aromatic rings. The number of hydrogen-bond donors (Lipinski definition) is 2. The Bertz CT molecular complexity index is 534. The number of benzene rings is 1. The van der Waals surface area contributed by atoms with Gasteiger partial charge in [0.2, 0.25) is 0 Å². The normalized spacial score (nSPS) is 19.0. The van der Waals surface area contributed by atoms with E-state index in [4.69, 9.17) is 4.74 Å². The zero-order valence-electron chi connectivity index (χ0n) is 12.8. The zero-order valence-corrected chi connectivity index (χ0v) is 12.8. The molecule has 0 unspecified atom stereocenters. The molecule has 2 rings (SSSR count). The van der Waals surface area contributed by atoms with Crippen molar-refractivity contribution >= 4 is 6.03 Å². The fraction of sp³-hybridized carbons (Fsp3) is 0.471. The van der Waals surface area contributed by atoms with Crippen LogP contribution in [0.1, 0.15) is 18.9 Å². The molecule has 5 heteroatoms. The maximum atomic E-state index is 12.2. The van der Waals surface area contributed by atoms with Crippen LogP contribution in [0, 0.1) is 11.8 Å². The molecule has 0 spiro atoms. The van der Waals surface area contributed by atoms with Crippen LogP contribution in [0.4, 0.5) is 4.79 Å². The summed E-state index contributed by atoms with van der Waals surface area (Å²) in [5.41, 5.74) is 0.926. The first-order valence-electron chi connectivity index (χ1n) is 7.51. The lowest BCUT2D eigenvalue weighted by atomic mass is 10.1. The van der Waals surface area contributed by atoms with Crippen molar-refractivity contribution in [3.05, 3.63) is 35.9 Å². The fourth-order valence-electron chi connectivity index (χ4n) is 2.40. The molecule has 1 fully saturated rings. The van der Waals surface area contributed by atoms with E-state index < -0.39 is 6.10 Å². The van der Waals surface area contributed by atoms with Gasteiger partial charge in [-0.05, 0) is 25.5 Å². The molecule has 2 N–H and O–H groups in total. The highest BCUT2D eigenvalue weighted by Gasteiger charge is 2.27. The number of carbonyl (C=O) groups excluding carboxylic acids is 1. The van der Waals surface area contributed by atoms with Crippen LogP contribution < -0.4 is 5.32 Å². The van der Waals surface area contributed by atoms with Gasteiger partial charge in [-0.25, -0.2) is 4.79 Å². The van der Waals surface area contributed by atoms with Gasteiger partial charge in [-0.3, -0.25) is 0 Å². The number of nitrogens with zero attached hydrogens (tertiary/aromatic N) is 1. The Morgan fingerprint density at radius 3 is 3.00 bits per heavy atom. The lowest BCUT2D eigenvalue weighted by molar-refractivity contribution is -0.00410. The molecule has 1 aromatic carbocycles. The Morgan fingerprint density at radius 1 is 1.50 bits per heavy atom. The highest BCUT2D eigenvalue weighted by Crippen LogP contribution is 2.12. The highest BCUT2D eigenvalue weighted by molar-refractivity contribution is 5.75. The molecule has 1 aliphatic rings. The molecule has 118 valence electrons. The molecule has 0 bridgehead atoms. The Kier molecular flexibility index (Phi) is 6.26. The van der Waals surface area contributed by atoms with E-state index in [9.17, 15) is 9.90 Å². The van der Waals surface area contributed by atoms with Crippen LogP contribution in [0.3, 0.4) is 0 Å². The van der Waals surface area contributed by atoms with Crippen LogP contribution in [0.15, 0.2) is 30.3 Å². The number of ether oxygens (including phenoxy) is 1. The smallest absolute Gasteiger partial charge is 0.318 e. The molecule has 0 radical (unpaired) electrons. The molecule has 5 nitrogen and oxygen atoms in total. The summed E-state index contributed by atoms with van der Waals surface area (Å²) in [6.07, 6.45) is 0.0585. The van der Waals surface area contributed by atoms with Gasteiger partial charge in [0.1, 0.15) is 0 Å². The number of rotatable bonds is 3. The standard InChI is InChI=1S/C17H22N2O3/c1-14(20)12-16-13-22-11-10-19(16)17(21)18-9-5-8-15-6-3-2-4-7-15/h2-4,6-7,14,16,20H,9-13H2,1H3,(H,18,21)/t14-,16-/m1/s1. The monoisotopic (exact) mass is 302 g/mol. The van der Waals surface area contributed by atoms with Crippen LogP contribution >= 0.6 is 0 Å². The molecular formula is C17H22N2O3. The van der Waals surface area contributed by atoms with E-state index in [-0.39, 0.29) is 12.1 Å². The summed E-state index contributed by atoms with van der Waals surface area (Å²) in [6.45, 7) is 3.55. The molecule has 0 aromatic heterocycles.